The lowest BCUT2D eigenvalue weighted by atomic mass is 10.3. The zero-order chi connectivity index (χ0) is 15.0. The molecule has 0 spiro atoms. The van der Waals surface area contributed by atoms with E-state index in [1.165, 1.54) is 6.20 Å². The minimum absolute atomic E-state index is 0.0176. The summed E-state index contributed by atoms with van der Waals surface area (Å²) in [6.07, 6.45) is 6.68. The number of aromatic nitrogens is 2. The van der Waals surface area contributed by atoms with Crippen LogP contribution >= 0.6 is 0 Å². The number of nitrogens with one attached hydrogen (secondary N) is 1. The molecule has 7 nitrogen and oxygen atoms in total. The highest BCUT2D eigenvalue weighted by molar-refractivity contribution is 7.92. The number of sulfone groups is 1. The smallest absolute Gasteiger partial charge is 0.261 e. The number of H-pyrrole nitrogens is 1. The maximum atomic E-state index is 12.5. The van der Waals surface area contributed by atoms with Crippen molar-refractivity contribution in [2.24, 2.45) is 0 Å². The van der Waals surface area contributed by atoms with Crippen molar-refractivity contribution < 1.29 is 16.8 Å². The Balaban J connectivity index is 2.37. The first-order chi connectivity index (χ1) is 9.26. The van der Waals surface area contributed by atoms with Crippen LogP contribution in [0.2, 0.25) is 0 Å². The number of aromatic amines is 1. The van der Waals surface area contributed by atoms with E-state index < -0.39 is 25.9 Å². The highest BCUT2D eigenvalue weighted by Gasteiger charge is 2.39. The van der Waals surface area contributed by atoms with Crippen molar-refractivity contribution in [3.63, 3.8) is 0 Å². The molecule has 0 saturated carbocycles. The monoisotopic (exact) mass is 317 g/mol. The van der Waals surface area contributed by atoms with Crippen LogP contribution < -0.4 is 0 Å². The number of sulfonamides is 1. The second-order valence-electron chi connectivity index (χ2n) is 4.64. The molecule has 1 aliphatic rings. The molecule has 0 amide bonds. The second kappa shape index (κ2) is 5.20. The fourth-order valence-corrected chi connectivity index (χ4v) is 5.52. The fraction of sp³-hybridized carbons (Fsp3) is 0.545. The van der Waals surface area contributed by atoms with Gasteiger partial charge in [0, 0.05) is 6.04 Å². The molecule has 0 radical (unpaired) electrons. The van der Waals surface area contributed by atoms with Gasteiger partial charge >= 0.3 is 0 Å². The van der Waals surface area contributed by atoms with Crippen molar-refractivity contribution in [2.45, 2.75) is 24.4 Å². The third-order valence-electron chi connectivity index (χ3n) is 3.13. The summed E-state index contributed by atoms with van der Waals surface area (Å²) >= 11 is 0. The third kappa shape index (κ3) is 2.87. The van der Waals surface area contributed by atoms with Gasteiger partial charge in [0.15, 0.2) is 14.9 Å². The normalized spacial score (nSPS) is 21.9. The molecule has 110 valence electrons. The molecule has 0 aromatic carbocycles. The topological polar surface area (TPSA) is 100 Å². The zero-order valence-electron chi connectivity index (χ0n) is 10.9. The number of imidazole rings is 1. The molecule has 1 aromatic heterocycles. The van der Waals surface area contributed by atoms with E-state index >= 15 is 0 Å². The van der Waals surface area contributed by atoms with E-state index in [0.29, 0.717) is 5.82 Å². The van der Waals surface area contributed by atoms with Gasteiger partial charge in [0.1, 0.15) is 5.82 Å². The van der Waals surface area contributed by atoms with Gasteiger partial charge in [-0.05, 0) is 13.3 Å². The first-order valence-electron chi connectivity index (χ1n) is 5.93. The number of rotatable bonds is 4. The molecular formula is C11H15N3O4S2. The predicted molar refractivity (Wildman–Crippen MR) is 73.1 cm³/mol. The van der Waals surface area contributed by atoms with Gasteiger partial charge in [-0.25, -0.2) is 21.8 Å². The number of nitrogens with zero attached hydrogens (tertiary/aromatic N) is 2. The van der Waals surface area contributed by atoms with Gasteiger partial charge in [0.25, 0.3) is 10.0 Å². The van der Waals surface area contributed by atoms with Crippen molar-refractivity contribution in [1.29, 1.82) is 0 Å². The molecule has 9 heteroatoms. The number of hydrogen-bond donors (Lipinski definition) is 1. The average Bonchev–Trinajstić information content (AvgIpc) is 2.92. The highest BCUT2D eigenvalue weighted by atomic mass is 32.2. The molecule has 1 N–H and O–H groups in total. The van der Waals surface area contributed by atoms with Crippen LogP contribution in [0.3, 0.4) is 0 Å². The van der Waals surface area contributed by atoms with E-state index in [4.69, 9.17) is 6.42 Å². The summed E-state index contributed by atoms with van der Waals surface area (Å²) in [6, 6.07) is -0.621. The lowest BCUT2D eigenvalue weighted by Crippen LogP contribution is -2.41. The molecule has 2 rings (SSSR count). The van der Waals surface area contributed by atoms with Crippen LogP contribution in [-0.4, -0.2) is 55.2 Å². The molecule has 1 fully saturated rings. The largest absolute Gasteiger partial charge is 0.332 e. The Morgan fingerprint density at radius 1 is 1.60 bits per heavy atom. The Labute approximate surface area is 118 Å². The van der Waals surface area contributed by atoms with Gasteiger partial charge in [-0.1, -0.05) is 5.92 Å². The summed E-state index contributed by atoms with van der Waals surface area (Å²) in [5.41, 5.74) is 0. The van der Waals surface area contributed by atoms with Gasteiger partial charge in [-0.2, -0.15) is 4.31 Å². The molecule has 1 unspecified atom stereocenters. The Bertz CT molecular complexity index is 743. The Kier molecular flexibility index (Phi) is 3.90. The number of terminal acetylenes is 1. The third-order valence-corrected chi connectivity index (χ3v) is 6.69. The van der Waals surface area contributed by atoms with Crippen molar-refractivity contribution in [3.8, 4) is 12.3 Å². The van der Waals surface area contributed by atoms with E-state index in [2.05, 4.69) is 15.9 Å². The molecule has 0 bridgehead atoms. The SMILES string of the molecule is C#CCN(C1CCS(=O)(=O)C1)S(=O)(=O)c1cnc(C)[nH]1. The van der Waals surface area contributed by atoms with E-state index in [0.717, 1.165) is 4.31 Å². The lowest BCUT2D eigenvalue weighted by molar-refractivity contribution is 0.370. The molecule has 20 heavy (non-hydrogen) atoms. The summed E-state index contributed by atoms with van der Waals surface area (Å²) in [4.78, 5) is 6.49. The summed E-state index contributed by atoms with van der Waals surface area (Å²) in [7, 11) is -7.06. The van der Waals surface area contributed by atoms with Crippen LogP contribution in [0.4, 0.5) is 0 Å². The van der Waals surface area contributed by atoms with E-state index in [1.54, 1.807) is 6.92 Å². The Morgan fingerprint density at radius 2 is 2.30 bits per heavy atom. The molecule has 1 aliphatic heterocycles. The molecule has 1 atom stereocenters. The minimum Gasteiger partial charge on any atom is -0.332 e. The van der Waals surface area contributed by atoms with Crippen LogP contribution in [0.1, 0.15) is 12.2 Å². The maximum absolute atomic E-state index is 12.5. The van der Waals surface area contributed by atoms with Crippen LogP contribution in [0.15, 0.2) is 11.2 Å². The lowest BCUT2D eigenvalue weighted by Gasteiger charge is -2.24. The highest BCUT2D eigenvalue weighted by Crippen LogP contribution is 2.23. The van der Waals surface area contributed by atoms with Gasteiger partial charge in [-0.3, -0.25) is 0 Å². The first-order valence-corrected chi connectivity index (χ1v) is 9.20. The van der Waals surface area contributed by atoms with E-state index in [9.17, 15) is 16.8 Å². The van der Waals surface area contributed by atoms with Crippen molar-refractivity contribution in [2.75, 3.05) is 18.1 Å². The van der Waals surface area contributed by atoms with Crippen molar-refractivity contribution in [1.82, 2.24) is 14.3 Å². The maximum Gasteiger partial charge on any atom is 0.261 e. The van der Waals surface area contributed by atoms with Crippen molar-refractivity contribution >= 4 is 19.9 Å². The molecule has 1 aromatic rings. The van der Waals surface area contributed by atoms with E-state index in [-0.39, 0.29) is 29.5 Å². The van der Waals surface area contributed by atoms with Crippen LogP contribution in [0, 0.1) is 19.3 Å². The summed E-state index contributed by atoms with van der Waals surface area (Å²) in [5, 5.41) is -0.0745. The number of aryl methyl sites for hydroxylation is 1. The number of hydrogen-bond acceptors (Lipinski definition) is 5. The van der Waals surface area contributed by atoms with Gasteiger partial charge in [0.2, 0.25) is 0 Å². The molecule has 2 heterocycles. The van der Waals surface area contributed by atoms with Gasteiger partial charge in [-0.15, -0.1) is 6.42 Å². The molecule has 0 aliphatic carbocycles. The Morgan fingerprint density at radius 3 is 2.75 bits per heavy atom. The van der Waals surface area contributed by atoms with Crippen LogP contribution in [0.5, 0.6) is 0 Å². The Hall–Kier alpha value is -1.37. The average molecular weight is 317 g/mol. The summed E-state index contributed by atoms with van der Waals surface area (Å²) < 4.78 is 49.1. The fourth-order valence-electron chi connectivity index (χ4n) is 2.16. The van der Waals surface area contributed by atoms with Gasteiger partial charge in [0.05, 0.1) is 24.2 Å². The first kappa shape index (κ1) is 15.0. The molecular weight excluding hydrogens is 302 g/mol. The standard InChI is InChI=1S/C11H15N3O4S2/c1-3-5-14(10-4-6-19(15,16)8-10)20(17,18)11-7-12-9(2)13-11/h1,7,10H,4-6,8H2,2H3,(H,12,13). The van der Waals surface area contributed by atoms with Crippen LogP contribution in [0.25, 0.3) is 0 Å². The van der Waals surface area contributed by atoms with E-state index in [1.807, 2.05) is 0 Å². The van der Waals surface area contributed by atoms with Crippen molar-refractivity contribution in [3.05, 3.63) is 12.0 Å². The van der Waals surface area contributed by atoms with Crippen LogP contribution in [-0.2, 0) is 19.9 Å². The zero-order valence-corrected chi connectivity index (χ0v) is 12.5. The van der Waals surface area contributed by atoms with Gasteiger partial charge < -0.3 is 4.98 Å². The quantitative estimate of drug-likeness (QED) is 0.757. The summed E-state index contributed by atoms with van der Waals surface area (Å²) in [5.74, 6) is 2.52. The predicted octanol–water partition coefficient (Wildman–Crippen LogP) is -0.471. The molecule has 1 saturated heterocycles. The second-order valence-corrected chi connectivity index (χ2v) is 8.73. The minimum atomic E-state index is -3.87. The summed E-state index contributed by atoms with van der Waals surface area (Å²) in [6.45, 7) is 1.46.